The molecule has 0 radical (unpaired) electrons. The molecule has 1 aromatic heterocycles. The van der Waals surface area contributed by atoms with Gasteiger partial charge >= 0.3 is 0 Å². The Morgan fingerprint density at radius 3 is 2.67 bits per heavy atom. The van der Waals surface area contributed by atoms with Crippen molar-refractivity contribution in [3.8, 4) is 0 Å². The van der Waals surface area contributed by atoms with E-state index in [0.29, 0.717) is 16.1 Å². The molecule has 110 valence electrons. The lowest BCUT2D eigenvalue weighted by Crippen LogP contribution is -2.30. The van der Waals surface area contributed by atoms with Crippen molar-refractivity contribution >= 4 is 17.5 Å². The van der Waals surface area contributed by atoms with Gasteiger partial charge in [-0.3, -0.25) is 9.78 Å². The van der Waals surface area contributed by atoms with Crippen molar-refractivity contribution in [2.45, 2.75) is 19.9 Å². The van der Waals surface area contributed by atoms with Gasteiger partial charge in [0.05, 0.1) is 16.6 Å². The molecule has 0 bridgehead atoms. The highest BCUT2D eigenvalue weighted by Gasteiger charge is 2.23. The van der Waals surface area contributed by atoms with Crippen LogP contribution in [0.25, 0.3) is 0 Å². The predicted octanol–water partition coefficient (Wildman–Crippen LogP) is 4.02. The van der Waals surface area contributed by atoms with Crippen molar-refractivity contribution in [1.29, 1.82) is 0 Å². The molecule has 21 heavy (non-hydrogen) atoms. The fourth-order valence-electron chi connectivity index (χ4n) is 2.07. The Hall–Kier alpha value is -1.94. The van der Waals surface area contributed by atoms with Gasteiger partial charge in [0.1, 0.15) is 5.82 Å². The van der Waals surface area contributed by atoms with E-state index in [-0.39, 0.29) is 11.7 Å². The van der Waals surface area contributed by atoms with E-state index in [1.807, 2.05) is 0 Å². The minimum absolute atomic E-state index is 0.289. The number of benzene rings is 1. The van der Waals surface area contributed by atoms with Crippen LogP contribution >= 0.6 is 11.6 Å². The van der Waals surface area contributed by atoms with Gasteiger partial charge in [0.2, 0.25) is 0 Å². The number of amides is 1. The molecule has 2 rings (SSSR count). The molecule has 2 aromatic rings. The number of nitrogens with zero attached hydrogens (tertiary/aromatic N) is 2. The maximum absolute atomic E-state index is 13.8. The first-order chi connectivity index (χ1) is 9.91. The third-order valence-electron chi connectivity index (χ3n) is 3.48. The fraction of sp³-hybridized carbons (Fsp3) is 0.250. The van der Waals surface area contributed by atoms with E-state index in [0.717, 1.165) is 5.69 Å². The van der Waals surface area contributed by atoms with E-state index in [9.17, 15) is 9.18 Å². The molecule has 1 amide bonds. The number of aryl methyl sites for hydroxylation is 1. The van der Waals surface area contributed by atoms with Gasteiger partial charge in [-0.1, -0.05) is 29.8 Å². The zero-order valence-electron chi connectivity index (χ0n) is 12.1. The predicted molar refractivity (Wildman–Crippen MR) is 80.9 cm³/mol. The molecular weight excluding hydrogens is 291 g/mol. The maximum Gasteiger partial charge on any atom is 0.257 e. The van der Waals surface area contributed by atoms with Gasteiger partial charge in [-0.15, -0.1) is 0 Å². The Bertz CT molecular complexity index is 675. The second kappa shape index (κ2) is 6.22. The van der Waals surface area contributed by atoms with Crippen molar-refractivity contribution in [3.05, 3.63) is 64.2 Å². The van der Waals surface area contributed by atoms with Crippen LogP contribution in [-0.4, -0.2) is 22.8 Å². The SMILES string of the molecule is Cc1cc(Cl)c(C(=O)N(C)C(C)c2ccccc2F)cn1. The molecule has 0 aliphatic carbocycles. The minimum Gasteiger partial charge on any atom is -0.335 e. The van der Waals surface area contributed by atoms with Crippen LogP contribution in [0.15, 0.2) is 36.5 Å². The average Bonchev–Trinajstić information content (AvgIpc) is 2.45. The summed E-state index contributed by atoms with van der Waals surface area (Å²) in [6.07, 6.45) is 1.45. The number of hydrogen-bond acceptors (Lipinski definition) is 2. The minimum atomic E-state index is -0.406. The van der Waals surface area contributed by atoms with Crippen molar-refractivity contribution in [2.24, 2.45) is 0 Å². The first-order valence-electron chi connectivity index (χ1n) is 6.55. The number of halogens is 2. The highest BCUT2D eigenvalue weighted by molar-refractivity contribution is 6.33. The van der Waals surface area contributed by atoms with Crippen LogP contribution in [0.3, 0.4) is 0 Å². The smallest absolute Gasteiger partial charge is 0.257 e. The van der Waals surface area contributed by atoms with Gasteiger partial charge in [0.25, 0.3) is 5.91 Å². The summed E-state index contributed by atoms with van der Waals surface area (Å²) in [7, 11) is 1.62. The molecule has 0 saturated heterocycles. The lowest BCUT2D eigenvalue weighted by Gasteiger charge is -2.26. The Kier molecular flexibility index (Phi) is 4.58. The summed E-state index contributed by atoms with van der Waals surface area (Å²) in [5.41, 5.74) is 1.51. The van der Waals surface area contributed by atoms with E-state index in [1.54, 1.807) is 45.2 Å². The number of hydrogen-bond donors (Lipinski definition) is 0. The zero-order chi connectivity index (χ0) is 15.6. The second-order valence-corrected chi connectivity index (χ2v) is 5.33. The van der Waals surface area contributed by atoms with E-state index in [4.69, 9.17) is 11.6 Å². The molecule has 0 fully saturated rings. The van der Waals surface area contributed by atoms with Crippen LogP contribution in [0.4, 0.5) is 4.39 Å². The second-order valence-electron chi connectivity index (χ2n) is 4.92. The van der Waals surface area contributed by atoms with Crippen LogP contribution in [0.2, 0.25) is 5.02 Å². The van der Waals surface area contributed by atoms with Gasteiger partial charge in [-0.05, 0) is 26.0 Å². The number of pyridine rings is 1. The Morgan fingerprint density at radius 2 is 2.05 bits per heavy atom. The molecule has 1 heterocycles. The zero-order valence-corrected chi connectivity index (χ0v) is 12.9. The highest BCUT2D eigenvalue weighted by atomic mass is 35.5. The van der Waals surface area contributed by atoms with Crippen LogP contribution < -0.4 is 0 Å². The Morgan fingerprint density at radius 1 is 1.38 bits per heavy atom. The van der Waals surface area contributed by atoms with E-state index in [1.165, 1.54) is 17.2 Å². The summed E-state index contributed by atoms with van der Waals surface area (Å²) in [5, 5.41) is 0.347. The molecule has 0 spiro atoms. The first kappa shape index (κ1) is 15.4. The number of rotatable bonds is 3. The number of aromatic nitrogens is 1. The summed E-state index contributed by atoms with van der Waals surface area (Å²) in [6, 6.07) is 7.64. The normalized spacial score (nSPS) is 12.0. The van der Waals surface area contributed by atoms with Crippen LogP contribution in [-0.2, 0) is 0 Å². The summed E-state index contributed by atoms with van der Waals surface area (Å²) in [5.74, 6) is -0.624. The molecule has 0 N–H and O–H groups in total. The van der Waals surface area contributed by atoms with Gasteiger partial charge in [0.15, 0.2) is 0 Å². The topological polar surface area (TPSA) is 33.2 Å². The molecule has 0 aliphatic heterocycles. The van der Waals surface area contributed by atoms with Crippen molar-refractivity contribution in [1.82, 2.24) is 9.88 Å². The average molecular weight is 307 g/mol. The van der Waals surface area contributed by atoms with Crippen LogP contribution in [0.5, 0.6) is 0 Å². The van der Waals surface area contributed by atoms with E-state index in [2.05, 4.69) is 4.98 Å². The first-order valence-corrected chi connectivity index (χ1v) is 6.93. The number of carbonyl (C=O) groups excluding carboxylic acids is 1. The highest BCUT2D eigenvalue weighted by Crippen LogP contribution is 2.25. The van der Waals surface area contributed by atoms with Gasteiger partial charge in [-0.2, -0.15) is 0 Å². The third-order valence-corrected chi connectivity index (χ3v) is 3.79. The molecular formula is C16H16ClFN2O. The Labute approximate surface area is 128 Å². The van der Waals surface area contributed by atoms with Crippen molar-refractivity contribution < 1.29 is 9.18 Å². The van der Waals surface area contributed by atoms with Crippen LogP contribution in [0.1, 0.15) is 34.6 Å². The molecule has 0 aliphatic rings. The largest absolute Gasteiger partial charge is 0.335 e. The summed E-state index contributed by atoms with van der Waals surface area (Å²) in [4.78, 5) is 18.0. The Balaban J connectivity index is 2.29. The van der Waals surface area contributed by atoms with E-state index >= 15 is 0 Å². The van der Waals surface area contributed by atoms with E-state index < -0.39 is 6.04 Å². The molecule has 0 saturated carbocycles. The number of carbonyl (C=O) groups is 1. The fourth-order valence-corrected chi connectivity index (χ4v) is 2.36. The molecule has 1 unspecified atom stereocenters. The third kappa shape index (κ3) is 3.22. The molecule has 1 atom stereocenters. The van der Waals surface area contributed by atoms with Gasteiger partial charge < -0.3 is 4.90 Å². The van der Waals surface area contributed by atoms with Crippen LogP contribution in [0, 0.1) is 12.7 Å². The molecule has 3 nitrogen and oxygen atoms in total. The molecule has 5 heteroatoms. The quantitative estimate of drug-likeness (QED) is 0.858. The van der Waals surface area contributed by atoms with Gasteiger partial charge in [-0.25, -0.2) is 4.39 Å². The lowest BCUT2D eigenvalue weighted by atomic mass is 10.1. The van der Waals surface area contributed by atoms with Crippen molar-refractivity contribution in [3.63, 3.8) is 0 Å². The summed E-state index contributed by atoms with van der Waals surface area (Å²) in [6.45, 7) is 3.57. The van der Waals surface area contributed by atoms with Crippen molar-refractivity contribution in [2.75, 3.05) is 7.05 Å². The summed E-state index contributed by atoms with van der Waals surface area (Å²) < 4.78 is 13.8. The van der Waals surface area contributed by atoms with Gasteiger partial charge in [0, 0.05) is 24.5 Å². The molecule has 1 aromatic carbocycles. The summed E-state index contributed by atoms with van der Waals surface area (Å²) >= 11 is 6.09. The monoisotopic (exact) mass is 306 g/mol. The maximum atomic E-state index is 13.8. The standard InChI is InChI=1S/C16H16ClFN2O/c1-10-8-14(17)13(9-19-10)16(21)20(3)11(2)12-6-4-5-7-15(12)18/h4-9,11H,1-3H3. The lowest BCUT2D eigenvalue weighted by molar-refractivity contribution is 0.0740.